The van der Waals surface area contributed by atoms with Crippen LogP contribution in [-0.4, -0.2) is 23.3 Å². The lowest BCUT2D eigenvalue weighted by Gasteiger charge is -2.34. The summed E-state index contributed by atoms with van der Waals surface area (Å²) in [6.07, 6.45) is 2.29. The summed E-state index contributed by atoms with van der Waals surface area (Å²) >= 11 is 0. The second kappa shape index (κ2) is 7.73. The predicted octanol–water partition coefficient (Wildman–Crippen LogP) is 3.52. The van der Waals surface area contributed by atoms with Gasteiger partial charge in [0.25, 0.3) is 5.69 Å². The maximum atomic E-state index is 12.8. The topological polar surface area (TPSA) is 98.5 Å². The number of benzene rings is 1. The van der Waals surface area contributed by atoms with Gasteiger partial charge in [-0.05, 0) is 26.2 Å². The molecule has 1 N–H and O–H groups in total. The van der Waals surface area contributed by atoms with E-state index in [0.717, 1.165) is 12.1 Å². The number of ketones is 1. The Morgan fingerprint density at radius 1 is 1.30 bits per heavy atom. The maximum Gasteiger partial charge on any atom is 0.336 e. The van der Waals surface area contributed by atoms with Crippen LogP contribution >= 0.6 is 0 Å². The first-order chi connectivity index (χ1) is 13.0. The zero-order chi connectivity index (χ0) is 19.6. The Morgan fingerprint density at radius 2 is 2.04 bits per heavy atom. The van der Waals surface area contributed by atoms with E-state index in [4.69, 9.17) is 4.74 Å². The Hall–Kier alpha value is -2.96. The first-order valence-corrected chi connectivity index (χ1v) is 9.16. The van der Waals surface area contributed by atoms with Gasteiger partial charge in [-0.3, -0.25) is 14.9 Å². The highest BCUT2D eigenvalue weighted by atomic mass is 16.6. The fourth-order valence-electron chi connectivity index (χ4n) is 3.83. The van der Waals surface area contributed by atoms with Crippen LogP contribution in [0.2, 0.25) is 0 Å². The molecule has 0 saturated heterocycles. The lowest BCUT2D eigenvalue weighted by atomic mass is 9.74. The summed E-state index contributed by atoms with van der Waals surface area (Å²) in [6, 6.07) is 6.29. The predicted molar refractivity (Wildman–Crippen MR) is 98.8 cm³/mol. The van der Waals surface area contributed by atoms with E-state index >= 15 is 0 Å². The number of Topliss-reactive ketones (excluding diaryl/α,β-unsaturated/α-hetero) is 1. The quantitative estimate of drug-likeness (QED) is 0.484. The van der Waals surface area contributed by atoms with Crippen LogP contribution in [0.5, 0.6) is 0 Å². The first kappa shape index (κ1) is 18.8. The lowest BCUT2D eigenvalue weighted by Crippen LogP contribution is -2.35. The second-order valence-corrected chi connectivity index (χ2v) is 6.51. The number of carbonyl (C=O) groups is 2. The zero-order valence-corrected chi connectivity index (χ0v) is 15.4. The molecular weight excluding hydrogens is 348 g/mol. The molecule has 1 heterocycles. The molecule has 1 aliphatic heterocycles. The molecule has 1 aromatic rings. The molecule has 3 rings (SSSR count). The van der Waals surface area contributed by atoms with Crippen LogP contribution in [0.1, 0.15) is 51.0 Å². The van der Waals surface area contributed by atoms with E-state index in [0.29, 0.717) is 41.7 Å². The van der Waals surface area contributed by atoms with Crippen molar-refractivity contribution < 1.29 is 19.2 Å². The van der Waals surface area contributed by atoms with Gasteiger partial charge in [-0.1, -0.05) is 25.1 Å². The van der Waals surface area contributed by atoms with Crippen molar-refractivity contribution >= 4 is 17.4 Å². The molecule has 0 amide bonds. The summed E-state index contributed by atoms with van der Waals surface area (Å²) in [5.41, 5.74) is 2.41. The van der Waals surface area contributed by atoms with Gasteiger partial charge in [0.15, 0.2) is 5.78 Å². The number of esters is 1. The van der Waals surface area contributed by atoms with Crippen molar-refractivity contribution in [2.45, 2.75) is 45.4 Å². The van der Waals surface area contributed by atoms with Crippen LogP contribution in [0.25, 0.3) is 0 Å². The van der Waals surface area contributed by atoms with Crippen molar-refractivity contribution in [1.29, 1.82) is 0 Å². The average Bonchev–Trinajstić information content (AvgIpc) is 2.66. The minimum atomic E-state index is -0.787. The highest BCUT2D eigenvalue weighted by molar-refractivity contribution is 6.04. The van der Waals surface area contributed by atoms with Gasteiger partial charge in [-0.25, -0.2) is 4.79 Å². The molecule has 1 atom stereocenters. The molecule has 27 heavy (non-hydrogen) atoms. The van der Waals surface area contributed by atoms with Crippen LogP contribution in [0.3, 0.4) is 0 Å². The summed E-state index contributed by atoms with van der Waals surface area (Å²) in [5.74, 6) is -1.41. The number of ether oxygens (including phenoxy) is 1. The van der Waals surface area contributed by atoms with E-state index in [-0.39, 0.29) is 18.1 Å². The van der Waals surface area contributed by atoms with Gasteiger partial charge in [0, 0.05) is 35.0 Å². The largest absolute Gasteiger partial charge is 0.463 e. The van der Waals surface area contributed by atoms with Crippen molar-refractivity contribution in [3.63, 3.8) is 0 Å². The van der Waals surface area contributed by atoms with Crippen LogP contribution in [0.15, 0.2) is 46.8 Å². The number of nitrogens with zero attached hydrogens (tertiary/aromatic N) is 1. The average molecular weight is 370 g/mol. The van der Waals surface area contributed by atoms with E-state index in [2.05, 4.69) is 5.32 Å². The minimum Gasteiger partial charge on any atom is -0.463 e. The molecule has 0 unspecified atom stereocenters. The number of para-hydroxylation sites is 1. The van der Waals surface area contributed by atoms with Gasteiger partial charge < -0.3 is 10.1 Å². The van der Waals surface area contributed by atoms with Crippen molar-refractivity contribution in [3.05, 3.63) is 62.5 Å². The number of rotatable bonds is 5. The third-order valence-corrected chi connectivity index (χ3v) is 4.95. The van der Waals surface area contributed by atoms with E-state index in [1.807, 2.05) is 6.92 Å². The number of hydrogen-bond acceptors (Lipinski definition) is 6. The molecule has 7 heteroatoms. The molecule has 1 aliphatic carbocycles. The Bertz CT molecular complexity index is 869. The van der Waals surface area contributed by atoms with Gasteiger partial charge in [-0.2, -0.15) is 0 Å². The molecule has 0 saturated carbocycles. The van der Waals surface area contributed by atoms with Crippen LogP contribution < -0.4 is 5.32 Å². The van der Waals surface area contributed by atoms with Gasteiger partial charge in [-0.15, -0.1) is 0 Å². The lowest BCUT2D eigenvalue weighted by molar-refractivity contribution is -0.385. The Balaban J connectivity index is 2.27. The molecule has 0 radical (unpaired) electrons. The Kier molecular flexibility index (Phi) is 5.39. The molecule has 2 aliphatic rings. The fourth-order valence-corrected chi connectivity index (χ4v) is 3.83. The summed E-state index contributed by atoms with van der Waals surface area (Å²) < 4.78 is 5.24. The molecule has 1 aromatic carbocycles. The normalized spacial score (nSPS) is 19.5. The number of dihydropyridines is 1. The number of allylic oxidation sites excluding steroid dienone is 3. The number of carbonyl (C=O) groups excluding carboxylic acids is 2. The molecule has 0 bridgehead atoms. The van der Waals surface area contributed by atoms with E-state index in [1.54, 1.807) is 25.1 Å². The second-order valence-electron chi connectivity index (χ2n) is 6.51. The van der Waals surface area contributed by atoms with Crippen molar-refractivity contribution in [3.8, 4) is 0 Å². The number of nitro groups is 1. The molecule has 7 nitrogen and oxygen atoms in total. The summed E-state index contributed by atoms with van der Waals surface area (Å²) in [5, 5.41) is 14.9. The van der Waals surface area contributed by atoms with Crippen molar-refractivity contribution in [2.75, 3.05) is 6.61 Å². The van der Waals surface area contributed by atoms with E-state index in [1.165, 1.54) is 6.07 Å². The summed E-state index contributed by atoms with van der Waals surface area (Å²) in [7, 11) is 0. The van der Waals surface area contributed by atoms with E-state index in [9.17, 15) is 19.7 Å². The molecule has 0 aromatic heterocycles. The van der Waals surface area contributed by atoms with Crippen LogP contribution in [-0.2, 0) is 14.3 Å². The third kappa shape index (κ3) is 3.37. The number of nitrogens with one attached hydrogen (secondary N) is 1. The Labute approximate surface area is 157 Å². The number of hydrogen-bond donors (Lipinski definition) is 1. The van der Waals surface area contributed by atoms with Gasteiger partial charge in [0.05, 0.1) is 23.0 Å². The monoisotopic (exact) mass is 370 g/mol. The highest BCUT2D eigenvalue weighted by Crippen LogP contribution is 2.45. The first-order valence-electron chi connectivity index (χ1n) is 9.16. The molecular formula is C20H22N2O5. The van der Waals surface area contributed by atoms with Crippen LogP contribution in [0.4, 0.5) is 5.69 Å². The van der Waals surface area contributed by atoms with Crippen molar-refractivity contribution in [1.82, 2.24) is 5.32 Å². The molecule has 0 fully saturated rings. The van der Waals surface area contributed by atoms with Crippen molar-refractivity contribution in [2.24, 2.45) is 0 Å². The SMILES string of the molecule is CCOC(=O)C1=C(CC)NC2=C(C(=O)CCC2)[C@H]1c1ccccc1[N+](=O)[O-]. The zero-order valence-electron chi connectivity index (χ0n) is 15.4. The minimum absolute atomic E-state index is 0.0798. The number of nitro benzene ring substituents is 1. The fraction of sp³-hybridized carbons (Fsp3) is 0.400. The molecule has 142 valence electrons. The Morgan fingerprint density at radius 3 is 2.70 bits per heavy atom. The van der Waals surface area contributed by atoms with Gasteiger partial charge in [0.1, 0.15) is 0 Å². The highest BCUT2D eigenvalue weighted by Gasteiger charge is 2.41. The van der Waals surface area contributed by atoms with Crippen LogP contribution in [0, 0.1) is 10.1 Å². The molecule has 0 spiro atoms. The van der Waals surface area contributed by atoms with Gasteiger partial charge in [0.2, 0.25) is 0 Å². The van der Waals surface area contributed by atoms with E-state index < -0.39 is 16.8 Å². The van der Waals surface area contributed by atoms with Gasteiger partial charge >= 0.3 is 5.97 Å². The standard InChI is InChI=1S/C20H22N2O5/c1-3-13-19(20(24)27-4-2)17(12-8-5-6-10-15(12)22(25)26)18-14(21-13)9-7-11-16(18)23/h5-6,8,10,17,21H,3-4,7,9,11H2,1-2H3/t17-/m1/s1. The summed E-state index contributed by atoms with van der Waals surface area (Å²) in [4.78, 5) is 36.7. The third-order valence-electron chi connectivity index (χ3n) is 4.95. The summed E-state index contributed by atoms with van der Waals surface area (Å²) in [6.45, 7) is 3.79. The smallest absolute Gasteiger partial charge is 0.336 e. The maximum absolute atomic E-state index is 12.8.